The molecule has 1 aromatic carbocycles. The maximum Gasteiger partial charge on any atom is 0.246 e. The highest BCUT2D eigenvalue weighted by Crippen LogP contribution is 2.36. The number of nitrogens with two attached hydrogens (primary N) is 1. The number of hydrogen-bond acceptors (Lipinski definition) is 6. The van der Waals surface area contributed by atoms with Crippen LogP contribution in [0.3, 0.4) is 0 Å². The zero-order chi connectivity index (χ0) is 18.1. The van der Waals surface area contributed by atoms with E-state index >= 15 is 0 Å². The van der Waals surface area contributed by atoms with Gasteiger partial charge in [-0.2, -0.15) is 0 Å². The molecule has 6 nitrogen and oxygen atoms in total. The lowest BCUT2D eigenvalue weighted by molar-refractivity contribution is -0.126. The highest BCUT2D eigenvalue weighted by molar-refractivity contribution is 7.19. The van der Waals surface area contributed by atoms with Crippen molar-refractivity contribution in [3.8, 4) is 5.75 Å². The molecule has 26 heavy (non-hydrogen) atoms. The number of aromatic nitrogens is 2. The topological polar surface area (TPSA) is 81.3 Å². The second-order valence-corrected chi connectivity index (χ2v) is 7.15. The molecule has 4 rings (SSSR count). The average molecular weight is 366 g/mol. The second-order valence-electron chi connectivity index (χ2n) is 6.06. The predicted molar refractivity (Wildman–Crippen MR) is 103 cm³/mol. The Morgan fingerprint density at radius 3 is 3.12 bits per heavy atom. The van der Waals surface area contributed by atoms with E-state index in [9.17, 15) is 4.79 Å². The van der Waals surface area contributed by atoms with Crippen LogP contribution in [0.15, 0.2) is 36.7 Å². The summed E-state index contributed by atoms with van der Waals surface area (Å²) >= 11 is 1.59. The van der Waals surface area contributed by atoms with E-state index in [0.717, 1.165) is 32.8 Å². The van der Waals surface area contributed by atoms with E-state index in [2.05, 4.69) is 9.97 Å². The minimum absolute atomic E-state index is 0.00465. The van der Waals surface area contributed by atoms with Crippen molar-refractivity contribution in [2.75, 3.05) is 19.4 Å². The Hall–Kier alpha value is -2.93. The molecule has 7 heteroatoms. The van der Waals surface area contributed by atoms with Gasteiger partial charge in [-0.15, -0.1) is 11.3 Å². The smallest absolute Gasteiger partial charge is 0.246 e. The van der Waals surface area contributed by atoms with Gasteiger partial charge in [0.05, 0.1) is 19.0 Å². The number of anilines is 1. The van der Waals surface area contributed by atoms with Crippen molar-refractivity contribution in [3.63, 3.8) is 0 Å². The number of carbonyl (C=O) groups excluding carboxylic acids is 1. The van der Waals surface area contributed by atoms with Crippen LogP contribution in [-0.4, -0.2) is 34.4 Å². The molecule has 3 aromatic rings. The van der Waals surface area contributed by atoms with Gasteiger partial charge >= 0.3 is 0 Å². The lowest BCUT2D eigenvalue weighted by Crippen LogP contribution is -2.34. The third-order valence-electron chi connectivity index (χ3n) is 4.49. The standard InChI is InChI=1S/C19H18N4O2S/c1-25-13-4-2-3-12(9-13)5-6-16(24)23-8-7-14-15(10-23)26-19-17(14)18(20)21-11-22-19/h2-6,9,11H,7-8,10H2,1H3,(H2,20,21,22)/b6-5+. The number of fused-ring (bicyclic) bond motifs is 3. The first-order valence-electron chi connectivity index (χ1n) is 8.27. The van der Waals surface area contributed by atoms with Crippen LogP contribution in [0.1, 0.15) is 16.0 Å². The van der Waals surface area contributed by atoms with E-state index < -0.39 is 0 Å². The predicted octanol–water partition coefficient (Wildman–Crippen LogP) is 2.88. The van der Waals surface area contributed by atoms with Gasteiger partial charge in [-0.05, 0) is 35.8 Å². The van der Waals surface area contributed by atoms with Gasteiger partial charge in [-0.1, -0.05) is 12.1 Å². The summed E-state index contributed by atoms with van der Waals surface area (Å²) in [5.41, 5.74) is 8.12. The minimum Gasteiger partial charge on any atom is -0.497 e. The average Bonchev–Trinajstić information content (AvgIpc) is 3.05. The maximum atomic E-state index is 12.6. The monoisotopic (exact) mass is 366 g/mol. The number of nitrogens with zero attached hydrogens (tertiary/aromatic N) is 3. The molecule has 0 aliphatic carbocycles. The van der Waals surface area contributed by atoms with Gasteiger partial charge < -0.3 is 15.4 Å². The Labute approximate surface area is 154 Å². The lowest BCUT2D eigenvalue weighted by atomic mass is 10.0. The van der Waals surface area contributed by atoms with Crippen molar-refractivity contribution in [1.29, 1.82) is 0 Å². The van der Waals surface area contributed by atoms with Crippen LogP contribution in [0, 0.1) is 0 Å². The zero-order valence-corrected chi connectivity index (χ0v) is 15.1. The summed E-state index contributed by atoms with van der Waals surface area (Å²) < 4.78 is 5.21. The van der Waals surface area contributed by atoms with Crippen molar-refractivity contribution >= 4 is 39.4 Å². The molecule has 1 amide bonds. The third-order valence-corrected chi connectivity index (χ3v) is 5.61. The normalized spacial score (nSPS) is 14.0. The van der Waals surface area contributed by atoms with Gasteiger partial charge in [0, 0.05) is 17.5 Å². The molecule has 0 saturated heterocycles. The first kappa shape index (κ1) is 16.5. The molecule has 2 N–H and O–H groups in total. The molecule has 0 fully saturated rings. The first-order valence-corrected chi connectivity index (χ1v) is 9.09. The minimum atomic E-state index is -0.00465. The van der Waals surface area contributed by atoms with Crippen LogP contribution in [0.4, 0.5) is 5.82 Å². The summed E-state index contributed by atoms with van der Waals surface area (Å²) in [6, 6.07) is 7.61. The number of methoxy groups -OCH3 is 1. The van der Waals surface area contributed by atoms with Crippen molar-refractivity contribution in [3.05, 3.63) is 52.7 Å². The first-order chi connectivity index (χ1) is 12.7. The van der Waals surface area contributed by atoms with Crippen molar-refractivity contribution in [2.45, 2.75) is 13.0 Å². The Kier molecular flexibility index (Phi) is 4.30. The van der Waals surface area contributed by atoms with Crippen LogP contribution in [0.2, 0.25) is 0 Å². The van der Waals surface area contributed by atoms with Gasteiger partial charge in [0.25, 0.3) is 0 Å². The number of benzene rings is 1. The summed E-state index contributed by atoms with van der Waals surface area (Å²) in [7, 11) is 1.63. The fraction of sp³-hybridized carbons (Fsp3) is 0.211. The Morgan fingerprint density at radius 1 is 1.38 bits per heavy atom. The van der Waals surface area contributed by atoms with E-state index in [1.165, 1.54) is 11.9 Å². The number of hydrogen-bond donors (Lipinski definition) is 1. The van der Waals surface area contributed by atoms with Crippen molar-refractivity contribution < 1.29 is 9.53 Å². The van der Waals surface area contributed by atoms with Crippen LogP contribution in [0.25, 0.3) is 16.3 Å². The van der Waals surface area contributed by atoms with Crippen LogP contribution < -0.4 is 10.5 Å². The largest absolute Gasteiger partial charge is 0.497 e. The number of carbonyl (C=O) groups is 1. The summed E-state index contributed by atoms with van der Waals surface area (Å²) in [5, 5.41) is 0.950. The van der Waals surface area contributed by atoms with Crippen LogP contribution in [0.5, 0.6) is 5.75 Å². The molecule has 0 unspecified atom stereocenters. The number of ether oxygens (including phenoxy) is 1. The van der Waals surface area contributed by atoms with Crippen LogP contribution in [-0.2, 0) is 17.8 Å². The second kappa shape index (κ2) is 6.76. The highest BCUT2D eigenvalue weighted by atomic mass is 32.1. The van der Waals surface area contributed by atoms with E-state index in [1.807, 2.05) is 35.2 Å². The number of thiophene rings is 1. The SMILES string of the molecule is COc1cccc(/C=C/C(=O)N2CCc3c(sc4ncnc(N)c34)C2)c1. The van der Waals surface area contributed by atoms with Crippen molar-refractivity contribution in [2.24, 2.45) is 0 Å². The van der Waals surface area contributed by atoms with Gasteiger partial charge in [0.2, 0.25) is 5.91 Å². The summed E-state index contributed by atoms with van der Waals surface area (Å²) in [6.45, 7) is 1.24. The zero-order valence-electron chi connectivity index (χ0n) is 14.3. The van der Waals surface area contributed by atoms with Gasteiger partial charge in [0.15, 0.2) is 0 Å². The summed E-state index contributed by atoms with van der Waals surface area (Å²) in [6.07, 6.45) is 5.68. The lowest BCUT2D eigenvalue weighted by Gasteiger charge is -2.26. The molecule has 3 heterocycles. The van der Waals surface area contributed by atoms with E-state index in [4.69, 9.17) is 10.5 Å². The van der Waals surface area contributed by atoms with E-state index in [1.54, 1.807) is 24.5 Å². The van der Waals surface area contributed by atoms with Crippen molar-refractivity contribution in [1.82, 2.24) is 14.9 Å². The highest BCUT2D eigenvalue weighted by Gasteiger charge is 2.24. The number of nitrogen functional groups attached to an aromatic ring is 1. The summed E-state index contributed by atoms with van der Waals surface area (Å²) in [4.78, 5) is 24.9. The molecule has 0 atom stereocenters. The Bertz CT molecular complexity index is 1010. The Balaban J connectivity index is 1.53. The molecule has 0 bridgehead atoms. The molecule has 2 aromatic heterocycles. The van der Waals surface area contributed by atoms with E-state index in [-0.39, 0.29) is 5.91 Å². The molecular formula is C19H18N4O2S. The van der Waals surface area contributed by atoms with E-state index in [0.29, 0.717) is 18.9 Å². The fourth-order valence-electron chi connectivity index (χ4n) is 3.16. The van der Waals surface area contributed by atoms with Crippen LogP contribution >= 0.6 is 11.3 Å². The number of amides is 1. The van der Waals surface area contributed by atoms with Gasteiger partial charge in [-0.25, -0.2) is 9.97 Å². The number of rotatable bonds is 3. The third kappa shape index (κ3) is 3.01. The van der Waals surface area contributed by atoms with Gasteiger partial charge in [0.1, 0.15) is 22.7 Å². The molecule has 0 spiro atoms. The van der Waals surface area contributed by atoms with Gasteiger partial charge in [-0.3, -0.25) is 4.79 Å². The maximum absolute atomic E-state index is 12.6. The molecule has 0 saturated carbocycles. The molecule has 132 valence electrons. The molecule has 1 aliphatic rings. The quantitative estimate of drug-likeness (QED) is 0.721. The molecule has 0 radical (unpaired) electrons. The molecule has 1 aliphatic heterocycles. The Morgan fingerprint density at radius 2 is 2.27 bits per heavy atom. The molecular weight excluding hydrogens is 348 g/mol. The fourth-order valence-corrected chi connectivity index (χ4v) is 4.37. The summed E-state index contributed by atoms with van der Waals surface area (Å²) in [5.74, 6) is 1.28.